The molecule has 0 unspecified atom stereocenters. The van der Waals surface area contributed by atoms with Crippen LogP contribution in [0.1, 0.15) is 12.5 Å². The maximum Gasteiger partial charge on any atom is 0.321 e. The molecule has 1 aromatic carbocycles. The predicted molar refractivity (Wildman–Crippen MR) is 84.2 cm³/mol. The van der Waals surface area contributed by atoms with Crippen molar-refractivity contribution in [2.75, 3.05) is 27.2 Å². The summed E-state index contributed by atoms with van der Waals surface area (Å²) in [5, 5.41) is 4.78. The van der Waals surface area contributed by atoms with E-state index in [1.54, 1.807) is 26.0 Å². The molecule has 0 aromatic heterocycles. The summed E-state index contributed by atoms with van der Waals surface area (Å²) in [7, 11) is 3.41. The normalized spacial score (nSPS) is 10.3. The molecule has 7 heteroatoms. The zero-order valence-electron chi connectivity index (χ0n) is 12.4. The van der Waals surface area contributed by atoms with Crippen molar-refractivity contribution in [2.45, 2.75) is 13.5 Å². The minimum atomic E-state index is -0.476. The fraction of sp³-hybridized carbons (Fsp3) is 0.429. The maximum atomic E-state index is 11.7. The van der Waals surface area contributed by atoms with Gasteiger partial charge in [0.05, 0.1) is 13.7 Å². The molecular formula is C14H20BrN3O3. The van der Waals surface area contributed by atoms with Crippen LogP contribution in [0.2, 0.25) is 0 Å². The Hall–Kier alpha value is -1.60. The molecule has 0 aliphatic rings. The quantitative estimate of drug-likeness (QED) is 0.813. The first-order valence-corrected chi connectivity index (χ1v) is 7.34. The molecule has 21 heavy (non-hydrogen) atoms. The SMILES string of the molecule is CCNC(=O)NC(=O)CN(C)Cc1cc(Br)ccc1OC. The number of carbonyl (C=O) groups excluding carboxylic acids is 2. The zero-order chi connectivity index (χ0) is 15.8. The van der Waals surface area contributed by atoms with E-state index in [1.165, 1.54) is 0 Å². The largest absolute Gasteiger partial charge is 0.496 e. The number of halogens is 1. The third kappa shape index (κ3) is 6.14. The van der Waals surface area contributed by atoms with Crippen LogP contribution in [0.3, 0.4) is 0 Å². The minimum absolute atomic E-state index is 0.118. The van der Waals surface area contributed by atoms with Crippen LogP contribution < -0.4 is 15.4 Å². The van der Waals surface area contributed by atoms with Crippen LogP contribution in [0.25, 0.3) is 0 Å². The second-order valence-corrected chi connectivity index (χ2v) is 5.45. The van der Waals surface area contributed by atoms with Gasteiger partial charge >= 0.3 is 6.03 Å². The van der Waals surface area contributed by atoms with Crippen LogP contribution in [-0.2, 0) is 11.3 Å². The Kier molecular flexibility index (Phi) is 7.18. The van der Waals surface area contributed by atoms with Gasteiger partial charge in [-0.25, -0.2) is 4.79 Å². The second kappa shape index (κ2) is 8.63. The Morgan fingerprint density at radius 1 is 1.38 bits per heavy atom. The first-order chi connectivity index (χ1) is 9.96. The minimum Gasteiger partial charge on any atom is -0.496 e. The van der Waals surface area contributed by atoms with Gasteiger partial charge in [-0.15, -0.1) is 0 Å². The van der Waals surface area contributed by atoms with E-state index in [2.05, 4.69) is 26.6 Å². The van der Waals surface area contributed by atoms with Crippen LogP contribution in [0, 0.1) is 0 Å². The lowest BCUT2D eigenvalue weighted by atomic mass is 10.2. The first-order valence-electron chi connectivity index (χ1n) is 6.55. The van der Waals surface area contributed by atoms with Crippen LogP contribution in [0.5, 0.6) is 5.75 Å². The summed E-state index contributed by atoms with van der Waals surface area (Å²) in [6, 6.07) is 5.22. The summed E-state index contributed by atoms with van der Waals surface area (Å²) < 4.78 is 6.23. The van der Waals surface area contributed by atoms with Crippen molar-refractivity contribution in [2.24, 2.45) is 0 Å². The van der Waals surface area contributed by atoms with Gasteiger partial charge in [0.2, 0.25) is 5.91 Å². The highest BCUT2D eigenvalue weighted by Crippen LogP contribution is 2.23. The molecule has 0 aliphatic heterocycles. The van der Waals surface area contributed by atoms with E-state index in [-0.39, 0.29) is 12.5 Å². The molecule has 0 spiro atoms. The molecule has 0 radical (unpaired) electrons. The number of rotatable bonds is 6. The van der Waals surface area contributed by atoms with Crippen LogP contribution >= 0.6 is 15.9 Å². The van der Waals surface area contributed by atoms with Gasteiger partial charge in [0, 0.05) is 23.1 Å². The summed E-state index contributed by atoms with van der Waals surface area (Å²) in [4.78, 5) is 24.8. The van der Waals surface area contributed by atoms with E-state index in [0.29, 0.717) is 13.1 Å². The average Bonchev–Trinajstić information content (AvgIpc) is 2.38. The topological polar surface area (TPSA) is 70.7 Å². The van der Waals surface area contributed by atoms with Crippen molar-refractivity contribution in [3.63, 3.8) is 0 Å². The molecule has 0 heterocycles. The lowest BCUT2D eigenvalue weighted by molar-refractivity contribution is -0.120. The number of imide groups is 1. The lowest BCUT2D eigenvalue weighted by Crippen LogP contribution is -2.43. The molecule has 116 valence electrons. The van der Waals surface area contributed by atoms with Crippen molar-refractivity contribution in [3.05, 3.63) is 28.2 Å². The molecule has 0 saturated heterocycles. The monoisotopic (exact) mass is 357 g/mol. The Morgan fingerprint density at radius 2 is 2.10 bits per heavy atom. The van der Waals surface area contributed by atoms with E-state index >= 15 is 0 Å². The molecule has 0 fully saturated rings. The lowest BCUT2D eigenvalue weighted by Gasteiger charge is -2.18. The van der Waals surface area contributed by atoms with Crippen molar-refractivity contribution in [1.29, 1.82) is 0 Å². The van der Waals surface area contributed by atoms with Crippen molar-refractivity contribution < 1.29 is 14.3 Å². The number of methoxy groups -OCH3 is 1. The number of hydrogen-bond acceptors (Lipinski definition) is 4. The molecule has 2 N–H and O–H groups in total. The van der Waals surface area contributed by atoms with Gasteiger partial charge in [-0.2, -0.15) is 0 Å². The Labute approximate surface area is 133 Å². The van der Waals surface area contributed by atoms with Gasteiger partial charge < -0.3 is 10.1 Å². The van der Waals surface area contributed by atoms with Crippen LogP contribution in [-0.4, -0.2) is 44.1 Å². The zero-order valence-corrected chi connectivity index (χ0v) is 14.0. The highest BCUT2D eigenvalue weighted by molar-refractivity contribution is 9.10. The number of hydrogen-bond donors (Lipinski definition) is 2. The highest BCUT2D eigenvalue weighted by atomic mass is 79.9. The molecule has 0 aliphatic carbocycles. The van der Waals surface area contributed by atoms with E-state index in [4.69, 9.17) is 4.74 Å². The van der Waals surface area contributed by atoms with Gasteiger partial charge in [-0.05, 0) is 32.2 Å². The maximum absolute atomic E-state index is 11.7. The van der Waals surface area contributed by atoms with Crippen LogP contribution in [0.15, 0.2) is 22.7 Å². The Balaban J connectivity index is 2.57. The highest BCUT2D eigenvalue weighted by Gasteiger charge is 2.12. The third-order valence-corrected chi connectivity index (χ3v) is 3.18. The van der Waals surface area contributed by atoms with Crippen molar-refractivity contribution in [3.8, 4) is 5.75 Å². The summed E-state index contributed by atoms with van der Waals surface area (Å²) in [5.41, 5.74) is 0.959. The summed E-state index contributed by atoms with van der Waals surface area (Å²) >= 11 is 3.41. The summed E-state index contributed by atoms with van der Waals surface area (Å²) in [5.74, 6) is 0.409. The van der Waals surface area contributed by atoms with Gasteiger partial charge in [-0.3, -0.25) is 15.0 Å². The van der Waals surface area contributed by atoms with Crippen molar-refractivity contribution in [1.82, 2.24) is 15.5 Å². The summed E-state index contributed by atoms with van der Waals surface area (Å²) in [6.07, 6.45) is 0. The van der Waals surface area contributed by atoms with E-state index in [0.717, 1.165) is 15.8 Å². The summed E-state index contributed by atoms with van der Waals surface area (Å²) in [6.45, 7) is 2.91. The van der Waals surface area contributed by atoms with E-state index in [1.807, 2.05) is 18.2 Å². The van der Waals surface area contributed by atoms with Gasteiger partial charge in [0.25, 0.3) is 0 Å². The molecule has 0 bridgehead atoms. The molecule has 1 aromatic rings. The third-order valence-electron chi connectivity index (χ3n) is 2.69. The number of likely N-dealkylation sites (N-methyl/N-ethyl adjacent to an activating group) is 1. The number of benzene rings is 1. The average molecular weight is 358 g/mol. The molecule has 0 atom stereocenters. The van der Waals surface area contributed by atoms with Gasteiger partial charge in [0.1, 0.15) is 5.75 Å². The molecular weight excluding hydrogens is 338 g/mol. The first kappa shape index (κ1) is 17.5. The number of nitrogens with one attached hydrogen (secondary N) is 2. The number of urea groups is 1. The predicted octanol–water partition coefficient (Wildman–Crippen LogP) is 1.74. The molecule has 0 saturated carbocycles. The fourth-order valence-electron chi connectivity index (χ4n) is 1.83. The number of amides is 3. The fourth-order valence-corrected chi connectivity index (χ4v) is 2.24. The smallest absolute Gasteiger partial charge is 0.321 e. The van der Waals surface area contributed by atoms with E-state index < -0.39 is 6.03 Å². The molecule has 6 nitrogen and oxygen atoms in total. The molecule has 3 amide bonds. The Morgan fingerprint density at radius 3 is 2.71 bits per heavy atom. The second-order valence-electron chi connectivity index (χ2n) is 4.54. The molecule has 1 rings (SSSR count). The Bertz CT molecular complexity index is 508. The van der Waals surface area contributed by atoms with Crippen LogP contribution in [0.4, 0.5) is 4.79 Å². The van der Waals surface area contributed by atoms with Gasteiger partial charge in [-0.1, -0.05) is 15.9 Å². The van der Waals surface area contributed by atoms with Crippen molar-refractivity contribution >= 4 is 27.9 Å². The van der Waals surface area contributed by atoms with Gasteiger partial charge in [0.15, 0.2) is 0 Å². The number of nitrogens with zero attached hydrogens (tertiary/aromatic N) is 1. The standard InChI is InChI=1S/C14H20BrN3O3/c1-4-16-14(20)17-13(19)9-18(2)8-10-7-11(15)5-6-12(10)21-3/h5-7H,4,8-9H2,1-3H3,(H2,16,17,19,20). The number of carbonyl (C=O) groups is 2. The number of ether oxygens (including phenoxy) is 1. The van der Waals surface area contributed by atoms with E-state index in [9.17, 15) is 9.59 Å².